The van der Waals surface area contributed by atoms with Crippen LogP contribution in [0.2, 0.25) is 0 Å². The fourth-order valence-electron chi connectivity index (χ4n) is 2.25. The number of aliphatic imine (C=N–C) groups is 1. The Hall–Kier alpha value is -1.75. The predicted octanol–water partition coefficient (Wildman–Crippen LogP) is 3.12. The molecule has 5 heteroatoms. The SMILES string of the molecule is CCNC(=NCc1ccc(OCCCN(C)C)cc1)NCCC(C)C. The van der Waals surface area contributed by atoms with Crippen LogP contribution in [0.5, 0.6) is 5.75 Å². The summed E-state index contributed by atoms with van der Waals surface area (Å²) in [6, 6.07) is 8.23. The Labute approximate surface area is 153 Å². The number of guanidine groups is 1. The summed E-state index contributed by atoms with van der Waals surface area (Å²) < 4.78 is 5.76. The van der Waals surface area contributed by atoms with Gasteiger partial charge in [0.25, 0.3) is 0 Å². The summed E-state index contributed by atoms with van der Waals surface area (Å²) in [6.45, 7) is 10.8. The van der Waals surface area contributed by atoms with E-state index < -0.39 is 0 Å². The van der Waals surface area contributed by atoms with Crippen molar-refractivity contribution in [3.8, 4) is 5.75 Å². The van der Waals surface area contributed by atoms with E-state index in [1.807, 2.05) is 12.1 Å². The van der Waals surface area contributed by atoms with Gasteiger partial charge in [0.15, 0.2) is 5.96 Å². The third kappa shape index (κ3) is 10.7. The van der Waals surface area contributed by atoms with Crippen molar-refractivity contribution < 1.29 is 4.74 Å². The molecule has 0 bridgehead atoms. The lowest BCUT2D eigenvalue weighted by atomic mass is 10.1. The van der Waals surface area contributed by atoms with Crippen LogP contribution in [0.1, 0.15) is 39.2 Å². The molecule has 0 radical (unpaired) electrons. The van der Waals surface area contributed by atoms with Gasteiger partial charge in [0.1, 0.15) is 5.75 Å². The third-order valence-electron chi connectivity index (χ3n) is 3.72. The van der Waals surface area contributed by atoms with Crippen molar-refractivity contribution in [3.05, 3.63) is 29.8 Å². The number of rotatable bonds is 11. The topological polar surface area (TPSA) is 48.9 Å². The van der Waals surface area contributed by atoms with Crippen molar-refractivity contribution in [2.45, 2.75) is 40.2 Å². The Bertz CT molecular complexity index is 483. The minimum Gasteiger partial charge on any atom is -0.494 e. The summed E-state index contributed by atoms with van der Waals surface area (Å²) in [6.07, 6.45) is 2.18. The molecule has 5 nitrogen and oxygen atoms in total. The van der Waals surface area contributed by atoms with Gasteiger partial charge in [-0.25, -0.2) is 4.99 Å². The van der Waals surface area contributed by atoms with Crippen LogP contribution in [-0.4, -0.2) is 51.2 Å². The van der Waals surface area contributed by atoms with Crippen molar-refractivity contribution in [1.29, 1.82) is 0 Å². The van der Waals surface area contributed by atoms with Crippen molar-refractivity contribution in [3.63, 3.8) is 0 Å². The zero-order chi connectivity index (χ0) is 18.5. The van der Waals surface area contributed by atoms with Gasteiger partial charge in [0, 0.05) is 19.6 Å². The number of hydrogen-bond donors (Lipinski definition) is 2. The average Bonchev–Trinajstić information content (AvgIpc) is 2.57. The normalized spacial score (nSPS) is 11.9. The first kappa shape index (κ1) is 21.3. The first-order valence-corrected chi connectivity index (χ1v) is 9.40. The highest BCUT2D eigenvalue weighted by Crippen LogP contribution is 2.13. The maximum absolute atomic E-state index is 5.76. The molecule has 0 aromatic heterocycles. The van der Waals surface area contributed by atoms with Crippen LogP contribution in [0, 0.1) is 5.92 Å². The summed E-state index contributed by atoms with van der Waals surface area (Å²) in [5.41, 5.74) is 1.18. The highest BCUT2D eigenvalue weighted by atomic mass is 16.5. The van der Waals surface area contributed by atoms with E-state index in [1.54, 1.807) is 0 Å². The molecule has 0 fully saturated rings. The van der Waals surface area contributed by atoms with Gasteiger partial charge in [-0.1, -0.05) is 26.0 Å². The van der Waals surface area contributed by atoms with E-state index >= 15 is 0 Å². The number of hydrogen-bond acceptors (Lipinski definition) is 3. The second-order valence-corrected chi connectivity index (χ2v) is 6.95. The average molecular weight is 349 g/mol. The molecular weight excluding hydrogens is 312 g/mol. The van der Waals surface area contributed by atoms with E-state index in [0.717, 1.165) is 50.8 Å². The first-order valence-electron chi connectivity index (χ1n) is 9.40. The minimum atomic E-state index is 0.665. The maximum atomic E-state index is 5.76. The number of ether oxygens (including phenoxy) is 1. The highest BCUT2D eigenvalue weighted by Gasteiger charge is 2.00. The molecule has 1 aromatic rings. The Morgan fingerprint density at radius 3 is 2.48 bits per heavy atom. The fourth-order valence-corrected chi connectivity index (χ4v) is 2.25. The van der Waals surface area contributed by atoms with Crippen LogP contribution in [-0.2, 0) is 6.54 Å². The number of nitrogens with zero attached hydrogens (tertiary/aromatic N) is 2. The molecule has 0 amide bonds. The van der Waals surface area contributed by atoms with Crippen LogP contribution in [0.3, 0.4) is 0 Å². The van der Waals surface area contributed by atoms with Crippen molar-refractivity contribution >= 4 is 5.96 Å². The molecule has 0 saturated carbocycles. The molecule has 0 unspecified atom stereocenters. The van der Waals surface area contributed by atoms with Gasteiger partial charge >= 0.3 is 0 Å². The number of nitrogens with one attached hydrogen (secondary N) is 2. The van der Waals surface area contributed by atoms with E-state index in [-0.39, 0.29) is 0 Å². The van der Waals surface area contributed by atoms with Gasteiger partial charge in [-0.15, -0.1) is 0 Å². The zero-order valence-corrected chi connectivity index (χ0v) is 16.6. The van der Waals surface area contributed by atoms with Gasteiger partial charge in [-0.3, -0.25) is 0 Å². The van der Waals surface area contributed by atoms with E-state index in [1.165, 1.54) is 5.56 Å². The van der Waals surface area contributed by atoms with E-state index in [9.17, 15) is 0 Å². The van der Waals surface area contributed by atoms with Gasteiger partial charge in [-0.2, -0.15) is 0 Å². The lowest BCUT2D eigenvalue weighted by Crippen LogP contribution is -2.38. The van der Waals surface area contributed by atoms with E-state index in [0.29, 0.717) is 12.5 Å². The molecule has 1 aromatic carbocycles. The highest BCUT2D eigenvalue weighted by molar-refractivity contribution is 5.79. The van der Waals surface area contributed by atoms with Gasteiger partial charge in [-0.05, 0) is 57.5 Å². The monoisotopic (exact) mass is 348 g/mol. The molecule has 0 saturated heterocycles. The minimum absolute atomic E-state index is 0.665. The first-order chi connectivity index (χ1) is 12.0. The quantitative estimate of drug-likeness (QED) is 0.366. The molecule has 25 heavy (non-hydrogen) atoms. The van der Waals surface area contributed by atoms with Crippen LogP contribution in [0.25, 0.3) is 0 Å². The van der Waals surface area contributed by atoms with Gasteiger partial charge in [0.2, 0.25) is 0 Å². The molecule has 0 aliphatic heterocycles. The third-order valence-corrected chi connectivity index (χ3v) is 3.72. The maximum Gasteiger partial charge on any atom is 0.191 e. The number of benzene rings is 1. The summed E-state index contributed by atoms with van der Waals surface area (Å²) in [4.78, 5) is 6.82. The van der Waals surface area contributed by atoms with Gasteiger partial charge < -0.3 is 20.3 Å². The standard InChI is InChI=1S/C20H36N4O/c1-6-21-20(22-13-12-17(2)3)23-16-18-8-10-19(11-9-18)25-15-7-14-24(4)5/h8-11,17H,6-7,12-16H2,1-5H3,(H2,21,22,23). The second-order valence-electron chi connectivity index (χ2n) is 6.95. The van der Waals surface area contributed by atoms with Crippen LogP contribution in [0.15, 0.2) is 29.3 Å². The van der Waals surface area contributed by atoms with Crippen molar-refractivity contribution in [1.82, 2.24) is 15.5 Å². The summed E-state index contributed by atoms with van der Waals surface area (Å²) >= 11 is 0. The van der Waals surface area contributed by atoms with E-state index in [2.05, 4.69) is 67.5 Å². The summed E-state index contributed by atoms with van der Waals surface area (Å²) in [5, 5.41) is 6.68. The molecule has 0 heterocycles. The fraction of sp³-hybridized carbons (Fsp3) is 0.650. The molecule has 0 spiro atoms. The molecule has 0 aliphatic rings. The lowest BCUT2D eigenvalue weighted by Gasteiger charge is -2.12. The molecular formula is C20H36N4O. The van der Waals surface area contributed by atoms with Crippen molar-refractivity contribution in [2.24, 2.45) is 10.9 Å². The van der Waals surface area contributed by atoms with Crippen molar-refractivity contribution in [2.75, 3.05) is 40.3 Å². The van der Waals surface area contributed by atoms with E-state index in [4.69, 9.17) is 4.74 Å². The smallest absolute Gasteiger partial charge is 0.191 e. The molecule has 0 atom stereocenters. The molecule has 142 valence electrons. The predicted molar refractivity (Wildman–Crippen MR) is 107 cm³/mol. The summed E-state index contributed by atoms with van der Waals surface area (Å²) in [5.74, 6) is 2.50. The Morgan fingerprint density at radius 1 is 1.16 bits per heavy atom. The molecule has 0 aliphatic carbocycles. The Balaban J connectivity index is 2.43. The molecule has 2 N–H and O–H groups in total. The molecule has 1 rings (SSSR count). The Morgan fingerprint density at radius 2 is 1.88 bits per heavy atom. The zero-order valence-electron chi connectivity index (χ0n) is 16.6. The van der Waals surface area contributed by atoms with Gasteiger partial charge in [0.05, 0.1) is 13.2 Å². The van der Waals surface area contributed by atoms with Crippen LogP contribution in [0.4, 0.5) is 0 Å². The lowest BCUT2D eigenvalue weighted by molar-refractivity contribution is 0.281. The van der Waals surface area contributed by atoms with Crippen LogP contribution < -0.4 is 15.4 Å². The summed E-state index contributed by atoms with van der Waals surface area (Å²) in [7, 11) is 4.16. The van der Waals surface area contributed by atoms with Crippen LogP contribution >= 0.6 is 0 Å². The Kier molecular flexibility index (Phi) is 10.7. The second kappa shape index (κ2) is 12.6. The largest absolute Gasteiger partial charge is 0.494 e.